The number of amides is 1. The van der Waals surface area contributed by atoms with E-state index in [1.807, 2.05) is 13.8 Å². The van der Waals surface area contributed by atoms with Crippen molar-refractivity contribution in [2.75, 3.05) is 27.3 Å². The van der Waals surface area contributed by atoms with Crippen LogP contribution in [0.4, 0.5) is 4.79 Å². The molecule has 1 aliphatic heterocycles. The number of para-hydroxylation sites is 1. The predicted molar refractivity (Wildman–Crippen MR) is 108 cm³/mol. The van der Waals surface area contributed by atoms with Gasteiger partial charge in [-0.15, -0.1) is 0 Å². The van der Waals surface area contributed by atoms with E-state index in [0.29, 0.717) is 47.2 Å². The summed E-state index contributed by atoms with van der Waals surface area (Å²) in [6.45, 7) is 4.84. The summed E-state index contributed by atoms with van der Waals surface area (Å²) in [5, 5.41) is 0. The summed E-state index contributed by atoms with van der Waals surface area (Å²) in [4.78, 5) is 26.4. The molecule has 2 aromatic carbocycles. The summed E-state index contributed by atoms with van der Waals surface area (Å²) in [7, 11) is 3.07. The molecule has 0 saturated heterocycles. The summed E-state index contributed by atoms with van der Waals surface area (Å²) in [5.41, 5.74) is 1.05. The molecule has 1 amide bonds. The van der Waals surface area contributed by atoms with Gasteiger partial charge in [-0.3, -0.25) is 4.79 Å². The average molecular weight is 397 g/mol. The van der Waals surface area contributed by atoms with Gasteiger partial charge in [-0.05, 0) is 38.1 Å². The van der Waals surface area contributed by atoms with E-state index in [4.69, 9.17) is 18.9 Å². The summed E-state index contributed by atoms with van der Waals surface area (Å²) >= 11 is 0. The Hall–Kier alpha value is -3.48. The van der Waals surface area contributed by atoms with E-state index in [9.17, 15) is 9.59 Å². The first-order valence-corrected chi connectivity index (χ1v) is 9.28. The van der Waals surface area contributed by atoms with E-state index < -0.39 is 6.09 Å². The zero-order valence-corrected chi connectivity index (χ0v) is 16.9. The Balaban J connectivity index is 1.86. The van der Waals surface area contributed by atoms with Gasteiger partial charge in [0.25, 0.3) is 0 Å². The zero-order valence-electron chi connectivity index (χ0n) is 16.9. The Kier molecular flexibility index (Phi) is 6.07. The van der Waals surface area contributed by atoms with Crippen LogP contribution in [-0.4, -0.2) is 44.1 Å². The molecule has 0 spiro atoms. The minimum absolute atomic E-state index is 0.152. The molecule has 0 aromatic heterocycles. The number of rotatable bonds is 6. The van der Waals surface area contributed by atoms with Crippen LogP contribution in [0.5, 0.6) is 23.0 Å². The average Bonchev–Trinajstić information content (AvgIpc) is 3.03. The van der Waals surface area contributed by atoms with Gasteiger partial charge in [0.05, 0.1) is 19.8 Å². The second kappa shape index (κ2) is 8.68. The van der Waals surface area contributed by atoms with Crippen LogP contribution in [0.15, 0.2) is 42.2 Å². The van der Waals surface area contributed by atoms with Crippen molar-refractivity contribution in [3.05, 3.63) is 53.3 Å². The summed E-state index contributed by atoms with van der Waals surface area (Å²) in [5.74, 6) is 1.60. The maximum absolute atomic E-state index is 12.7. The highest BCUT2D eigenvalue weighted by atomic mass is 16.6. The maximum Gasteiger partial charge on any atom is 0.415 e. The molecule has 0 atom stereocenters. The number of allylic oxidation sites excluding steroid dienone is 1. The van der Waals surface area contributed by atoms with E-state index in [1.165, 1.54) is 13.2 Å². The number of carbonyl (C=O) groups is 2. The molecule has 0 radical (unpaired) electrons. The first-order chi connectivity index (χ1) is 14.0. The van der Waals surface area contributed by atoms with Crippen LogP contribution in [0, 0.1) is 0 Å². The van der Waals surface area contributed by atoms with Gasteiger partial charge in [-0.2, -0.15) is 0 Å². The number of hydrogen-bond acceptors (Lipinski definition) is 6. The van der Waals surface area contributed by atoms with Crippen LogP contribution in [0.2, 0.25) is 0 Å². The van der Waals surface area contributed by atoms with Crippen molar-refractivity contribution in [3.8, 4) is 23.0 Å². The van der Waals surface area contributed by atoms with Crippen molar-refractivity contribution in [1.29, 1.82) is 0 Å². The Morgan fingerprint density at radius 2 is 1.86 bits per heavy atom. The van der Waals surface area contributed by atoms with E-state index in [0.717, 1.165) is 0 Å². The summed E-state index contributed by atoms with van der Waals surface area (Å²) < 4.78 is 21.8. The zero-order chi connectivity index (χ0) is 21.0. The fraction of sp³-hybridized carbons (Fsp3) is 0.273. The second-order valence-corrected chi connectivity index (χ2v) is 6.22. The Bertz CT molecular complexity index is 962. The molecule has 7 nitrogen and oxygen atoms in total. The molecule has 29 heavy (non-hydrogen) atoms. The van der Waals surface area contributed by atoms with Gasteiger partial charge in [-0.1, -0.05) is 12.1 Å². The van der Waals surface area contributed by atoms with Crippen molar-refractivity contribution in [2.24, 2.45) is 0 Å². The largest absolute Gasteiger partial charge is 0.493 e. The molecule has 0 N–H and O–H groups in total. The summed E-state index contributed by atoms with van der Waals surface area (Å²) in [6, 6.07) is 10.1. The Morgan fingerprint density at radius 3 is 2.52 bits per heavy atom. The minimum atomic E-state index is -0.448. The molecule has 1 aliphatic rings. The SMILES string of the molecule is CCN(CC)C(=O)Oc1ccc2c(c1)O/C(=C\c1cccc(OC)c1OC)C2=O. The van der Waals surface area contributed by atoms with Gasteiger partial charge in [0.1, 0.15) is 11.5 Å². The lowest BCUT2D eigenvalue weighted by Crippen LogP contribution is -2.33. The van der Waals surface area contributed by atoms with Crippen LogP contribution in [0.3, 0.4) is 0 Å². The van der Waals surface area contributed by atoms with E-state index in [-0.39, 0.29) is 11.5 Å². The molecule has 0 unspecified atom stereocenters. The van der Waals surface area contributed by atoms with E-state index in [2.05, 4.69) is 0 Å². The van der Waals surface area contributed by atoms with Crippen molar-refractivity contribution in [2.45, 2.75) is 13.8 Å². The molecule has 0 aliphatic carbocycles. The van der Waals surface area contributed by atoms with Crippen LogP contribution in [-0.2, 0) is 0 Å². The molecular formula is C22H23NO6. The lowest BCUT2D eigenvalue weighted by molar-refractivity contribution is 0.101. The highest BCUT2D eigenvalue weighted by molar-refractivity contribution is 6.14. The molecule has 0 fully saturated rings. The molecule has 0 bridgehead atoms. The van der Waals surface area contributed by atoms with Crippen LogP contribution < -0.4 is 18.9 Å². The fourth-order valence-corrected chi connectivity index (χ4v) is 3.04. The molecule has 1 heterocycles. The van der Waals surface area contributed by atoms with Crippen LogP contribution in [0.1, 0.15) is 29.8 Å². The highest BCUT2D eigenvalue weighted by Crippen LogP contribution is 2.37. The third kappa shape index (κ3) is 4.03. The molecule has 152 valence electrons. The third-order valence-corrected chi connectivity index (χ3v) is 4.59. The van der Waals surface area contributed by atoms with Gasteiger partial charge >= 0.3 is 6.09 Å². The lowest BCUT2D eigenvalue weighted by Gasteiger charge is -2.17. The summed E-state index contributed by atoms with van der Waals surface area (Å²) in [6.07, 6.45) is 1.15. The van der Waals surface area contributed by atoms with Crippen LogP contribution >= 0.6 is 0 Å². The first-order valence-electron chi connectivity index (χ1n) is 9.28. The smallest absolute Gasteiger partial charge is 0.415 e. The number of Topliss-reactive ketones (excluding diaryl/α,β-unsaturated/α-hetero) is 1. The van der Waals surface area contributed by atoms with Gasteiger partial charge in [0, 0.05) is 24.7 Å². The monoisotopic (exact) mass is 397 g/mol. The van der Waals surface area contributed by atoms with Crippen LogP contribution in [0.25, 0.3) is 6.08 Å². The minimum Gasteiger partial charge on any atom is -0.493 e. The van der Waals surface area contributed by atoms with Crippen molar-refractivity contribution >= 4 is 18.0 Å². The number of benzene rings is 2. The second-order valence-electron chi connectivity index (χ2n) is 6.22. The Morgan fingerprint density at radius 1 is 1.10 bits per heavy atom. The predicted octanol–water partition coefficient (Wildman–Crippen LogP) is 4.16. The number of ether oxygens (including phenoxy) is 4. The molecule has 0 saturated carbocycles. The van der Waals surface area contributed by atoms with Gasteiger partial charge in [-0.25, -0.2) is 4.79 Å². The quantitative estimate of drug-likeness (QED) is 0.682. The Labute approximate surface area is 169 Å². The van der Waals surface area contributed by atoms with Gasteiger partial charge in [0.15, 0.2) is 17.3 Å². The lowest BCUT2D eigenvalue weighted by atomic mass is 10.1. The van der Waals surface area contributed by atoms with Crippen molar-refractivity contribution in [1.82, 2.24) is 4.90 Å². The number of hydrogen-bond donors (Lipinski definition) is 0. The number of nitrogens with zero attached hydrogens (tertiary/aromatic N) is 1. The first kappa shape index (κ1) is 20.3. The fourth-order valence-electron chi connectivity index (χ4n) is 3.04. The highest BCUT2D eigenvalue weighted by Gasteiger charge is 2.28. The molecule has 2 aromatic rings. The number of ketones is 1. The standard InChI is InChI=1S/C22H23NO6/c1-5-23(6-2)22(25)28-15-10-11-16-18(13-15)29-19(20(16)24)12-14-8-7-9-17(26-3)21(14)27-4/h7-13H,5-6H2,1-4H3/b19-12-. The number of fused-ring (bicyclic) bond motifs is 1. The number of methoxy groups -OCH3 is 2. The van der Waals surface area contributed by atoms with E-state index in [1.54, 1.807) is 48.4 Å². The molecular weight excluding hydrogens is 374 g/mol. The maximum atomic E-state index is 12.7. The van der Waals surface area contributed by atoms with Gasteiger partial charge in [0.2, 0.25) is 5.78 Å². The topological polar surface area (TPSA) is 74.3 Å². The van der Waals surface area contributed by atoms with Gasteiger partial charge < -0.3 is 23.8 Å². The third-order valence-electron chi connectivity index (χ3n) is 4.59. The molecule has 7 heteroatoms. The van der Waals surface area contributed by atoms with Crippen molar-refractivity contribution in [3.63, 3.8) is 0 Å². The van der Waals surface area contributed by atoms with E-state index >= 15 is 0 Å². The molecule has 3 rings (SSSR count). The normalized spacial score (nSPS) is 13.7. The van der Waals surface area contributed by atoms with Crippen molar-refractivity contribution < 1.29 is 28.5 Å². The number of carbonyl (C=O) groups excluding carboxylic acids is 2.